The minimum absolute atomic E-state index is 0.107. The van der Waals surface area contributed by atoms with Crippen molar-refractivity contribution in [1.82, 2.24) is 10.6 Å². The van der Waals surface area contributed by atoms with Crippen LogP contribution in [0, 0.1) is 15.9 Å². The number of carbonyl (C=O) groups is 3. The Bertz CT molecular complexity index is 1300. The Hall–Kier alpha value is -5.00. The summed E-state index contributed by atoms with van der Waals surface area (Å²) in [6, 6.07) is 14.6. The van der Waals surface area contributed by atoms with E-state index in [0.29, 0.717) is 22.4 Å². The van der Waals surface area contributed by atoms with Gasteiger partial charge in [0.2, 0.25) is 5.91 Å². The highest BCUT2D eigenvalue weighted by atomic mass is 19.1. The molecule has 0 heterocycles. The molecule has 11 nitrogen and oxygen atoms in total. The third-order valence-corrected chi connectivity index (χ3v) is 5.69. The van der Waals surface area contributed by atoms with Crippen molar-refractivity contribution in [1.29, 1.82) is 0 Å². The molecule has 3 aromatic rings. The molecule has 0 aliphatic carbocycles. The summed E-state index contributed by atoms with van der Waals surface area (Å²) >= 11 is 0. The summed E-state index contributed by atoms with van der Waals surface area (Å²) in [5, 5.41) is 25.4. The van der Waals surface area contributed by atoms with Gasteiger partial charge < -0.3 is 25.2 Å². The predicted octanol–water partition coefficient (Wildman–Crippen LogP) is 3.39. The molecule has 39 heavy (non-hydrogen) atoms. The molecule has 0 spiro atoms. The molecular weight excluding hydrogens is 513 g/mol. The topological polar surface area (TPSA) is 157 Å². The van der Waals surface area contributed by atoms with E-state index in [-0.39, 0.29) is 25.1 Å². The molecule has 3 N–H and O–H groups in total. The number of hydrogen-bond acceptors (Lipinski definition) is 7. The van der Waals surface area contributed by atoms with Crippen molar-refractivity contribution in [2.75, 3.05) is 7.11 Å². The zero-order valence-electron chi connectivity index (χ0n) is 20.8. The fourth-order valence-electron chi connectivity index (χ4n) is 3.58. The van der Waals surface area contributed by atoms with E-state index in [2.05, 4.69) is 10.6 Å². The summed E-state index contributed by atoms with van der Waals surface area (Å²) in [6.07, 6.45) is -1.17. The molecule has 0 radical (unpaired) electrons. The van der Waals surface area contributed by atoms with Crippen molar-refractivity contribution in [2.24, 2.45) is 0 Å². The van der Waals surface area contributed by atoms with Crippen molar-refractivity contribution >= 4 is 23.7 Å². The van der Waals surface area contributed by atoms with Crippen LogP contribution in [0.1, 0.15) is 16.7 Å². The van der Waals surface area contributed by atoms with Gasteiger partial charge >= 0.3 is 12.1 Å². The summed E-state index contributed by atoms with van der Waals surface area (Å²) in [5.41, 5.74) is 1.45. The standard InChI is InChI=1S/C27H26FN3O8/c1-38-22-12-6-19(7-13-22)16-39-27(35)30-23(14-18-4-10-21(11-5-18)31(36)37)25(32)29-24(26(33)34)15-17-2-8-20(28)9-3-17/h2-13,23-24H,14-16H2,1H3,(H,29,32)(H,30,35)(H,33,34)/t23-,24-/m0/s1. The third-order valence-electron chi connectivity index (χ3n) is 5.69. The van der Waals surface area contributed by atoms with Crippen molar-refractivity contribution in [3.63, 3.8) is 0 Å². The van der Waals surface area contributed by atoms with Crippen LogP contribution in [0.15, 0.2) is 72.8 Å². The van der Waals surface area contributed by atoms with Gasteiger partial charge in [-0.05, 0) is 41.0 Å². The molecule has 12 heteroatoms. The second-order valence-electron chi connectivity index (χ2n) is 8.48. The van der Waals surface area contributed by atoms with E-state index in [1.165, 1.54) is 55.6 Å². The molecule has 0 bridgehead atoms. The number of amides is 2. The van der Waals surface area contributed by atoms with Crippen LogP contribution in [0.4, 0.5) is 14.9 Å². The number of nitro groups is 1. The molecule has 0 fully saturated rings. The minimum atomic E-state index is -1.38. The number of nitrogens with zero attached hydrogens (tertiary/aromatic N) is 1. The van der Waals surface area contributed by atoms with Crippen LogP contribution in [0.3, 0.4) is 0 Å². The number of hydrogen-bond donors (Lipinski definition) is 3. The molecule has 204 valence electrons. The maximum Gasteiger partial charge on any atom is 0.408 e. The Morgan fingerprint density at radius 1 is 0.872 bits per heavy atom. The van der Waals surface area contributed by atoms with Gasteiger partial charge in [0.25, 0.3) is 5.69 Å². The molecule has 0 saturated carbocycles. The zero-order chi connectivity index (χ0) is 28.4. The van der Waals surface area contributed by atoms with Crippen molar-refractivity contribution in [2.45, 2.75) is 31.5 Å². The number of ether oxygens (including phenoxy) is 2. The van der Waals surface area contributed by atoms with Gasteiger partial charge in [-0.25, -0.2) is 14.0 Å². The number of rotatable bonds is 12. The Kier molecular flexibility index (Phi) is 9.90. The Labute approximate surface area is 222 Å². The largest absolute Gasteiger partial charge is 0.497 e. The molecule has 3 rings (SSSR count). The molecule has 0 aliphatic heterocycles. The SMILES string of the molecule is COc1ccc(COC(=O)N[C@@H](Cc2ccc([N+](=O)[O-])cc2)C(=O)N[C@@H](Cc2ccc(F)cc2)C(=O)O)cc1. The quantitative estimate of drug-likeness (QED) is 0.234. The highest BCUT2D eigenvalue weighted by molar-refractivity contribution is 5.89. The maximum absolute atomic E-state index is 13.2. The van der Waals surface area contributed by atoms with E-state index in [1.807, 2.05) is 0 Å². The second-order valence-corrected chi connectivity index (χ2v) is 8.48. The van der Waals surface area contributed by atoms with Gasteiger partial charge in [0, 0.05) is 25.0 Å². The molecule has 2 amide bonds. The number of aliphatic carboxylic acids is 1. The van der Waals surface area contributed by atoms with Gasteiger partial charge in [0.15, 0.2) is 0 Å². The Morgan fingerprint density at radius 2 is 1.41 bits per heavy atom. The van der Waals surface area contributed by atoms with Crippen LogP contribution in [0.5, 0.6) is 5.75 Å². The van der Waals surface area contributed by atoms with Crippen LogP contribution in [0.2, 0.25) is 0 Å². The smallest absolute Gasteiger partial charge is 0.408 e. The van der Waals surface area contributed by atoms with Gasteiger partial charge in [-0.3, -0.25) is 14.9 Å². The number of non-ortho nitro benzene ring substituents is 1. The number of methoxy groups -OCH3 is 1. The number of nitro benzene ring substituents is 1. The van der Waals surface area contributed by atoms with Gasteiger partial charge in [0.05, 0.1) is 12.0 Å². The van der Waals surface area contributed by atoms with Crippen LogP contribution >= 0.6 is 0 Å². The summed E-state index contributed by atoms with van der Waals surface area (Å²) in [5.74, 6) is -2.01. The van der Waals surface area contributed by atoms with Gasteiger partial charge in [0.1, 0.15) is 30.3 Å². The number of carbonyl (C=O) groups excluding carboxylic acids is 2. The van der Waals surface area contributed by atoms with Crippen molar-refractivity contribution in [3.8, 4) is 5.75 Å². The highest BCUT2D eigenvalue weighted by Crippen LogP contribution is 2.15. The monoisotopic (exact) mass is 539 g/mol. The lowest BCUT2D eigenvalue weighted by molar-refractivity contribution is -0.384. The van der Waals surface area contributed by atoms with E-state index >= 15 is 0 Å². The summed E-state index contributed by atoms with van der Waals surface area (Å²) in [4.78, 5) is 47.9. The van der Waals surface area contributed by atoms with E-state index in [9.17, 15) is 34.0 Å². The lowest BCUT2D eigenvalue weighted by Gasteiger charge is -2.21. The Balaban J connectivity index is 1.72. The number of carboxylic acid groups (broad SMARTS) is 1. The first kappa shape index (κ1) is 28.6. The normalized spacial score (nSPS) is 12.1. The minimum Gasteiger partial charge on any atom is -0.497 e. The first-order chi connectivity index (χ1) is 18.6. The molecule has 3 aromatic carbocycles. The van der Waals surface area contributed by atoms with E-state index in [4.69, 9.17) is 9.47 Å². The second kappa shape index (κ2) is 13.5. The molecule has 0 unspecified atom stereocenters. The van der Waals surface area contributed by atoms with Crippen LogP contribution in [-0.4, -0.2) is 47.2 Å². The first-order valence-electron chi connectivity index (χ1n) is 11.7. The lowest BCUT2D eigenvalue weighted by atomic mass is 10.0. The van der Waals surface area contributed by atoms with Crippen LogP contribution in [0.25, 0.3) is 0 Å². The third kappa shape index (κ3) is 8.81. The van der Waals surface area contributed by atoms with Gasteiger partial charge in [-0.1, -0.05) is 36.4 Å². The van der Waals surface area contributed by atoms with E-state index in [0.717, 1.165) is 0 Å². The summed E-state index contributed by atoms with van der Waals surface area (Å²) in [6.45, 7) is -0.107. The molecule has 0 aromatic heterocycles. The summed E-state index contributed by atoms with van der Waals surface area (Å²) in [7, 11) is 1.52. The fourth-order valence-corrected chi connectivity index (χ4v) is 3.58. The number of carboxylic acids is 1. The zero-order valence-corrected chi connectivity index (χ0v) is 20.8. The maximum atomic E-state index is 13.2. The molecule has 2 atom stereocenters. The van der Waals surface area contributed by atoms with Gasteiger partial charge in [-0.15, -0.1) is 0 Å². The van der Waals surface area contributed by atoms with E-state index < -0.39 is 40.8 Å². The number of halogens is 1. The fraction of sp³-hybridized carbons (Fsp3) is 0.222. The molecular formula is C27H26FN3O8. The van der Waals surface area contributed by atoms with Crippen molar-refractivity contribution in [3.05, 3.63) is 105 Å². The average Bonchev–Trinajstić information content (AvgIpc) is 2.92. The number of nitrogens with one attached hydrogen (secondary N) is 2. The van der Waals surface area contributed by atoms with Gasteiger partial charge in [-0.2, -0.15) is 0 Å². The predicted molar refractivity (Wildman–Crippen MR) is 137 cm³/mol. The molecule has 0 saturated heterocycles. The average molecular weight is 540 g/mol. The highest BCUT2D eigenvalue weighted by Gasteiger charge is 2.28. The first-order valence-corrected chi connectivity index (χ1v) is 11.7. The van der Waals surface area contributed by atoms with Crippen LogP contribution in [-0.2, 0) is 33.8 Å². The Morgan fingerprint density at radius 3 is 1.95 bits per heavy atom. The van der Waals surface area contributed by atoms with Crippen molar-refractivity contribution < 1.29 is 38.3 Å². The van der Waals surface area contributed by atoms with Crippen LogP contribution < -0.4 is 15.4 Å². The lowest BCUT2D eigenvalue weighted by Crippen LogP contribution is -2.53. The summed E-state index contributed by atoms with van der Waals surface area (Å²) < 4.78 is 23.5. The molecule has 0 aliphatic rings. The van der Waals surface area contributed by atoms with E-state index in [1.54, 1.807) is 24.3 Å². The number of benzene rings is 3. The number of alkyl carbamates (subject to hydrolysis) is 1.